The van der Waals surface area contributed by atoms with E-state index in [1.165, 1.54) is 11.8 Å². The third-order valence-corrected chi connectivity index (χ3v) is 5.47. The molecule has 8 nitrogen and oxygen atoms in total. The number of carbonyl (C=O) groups excluding carboxylic acids is 4. The van der Waals surface area contributed by atoms with Crippen molar-refractivity contribution in [1.82, 2.24) is 15.5 Å². The van der Waals surface area contributed by atoms with E-state index in [1.54, 1.807) is 0 Å². The average Bonchev–Trinajstić information content (AvgIpc) is 3.25. The maximum Gasteiger partial charge on any atom is 0.408 e. The molecule has 1 aliphatic heterocycles. The Bertz CT molecular complexity index is 787. The molecule has 0 aromatic heterocycles. The predicted octanol–water partition coefficient (Wildman–Crippen LogP) is 2.24. The van der Waals surface area contributed by atoms with Gasteiger partial charge in [-0.25, -0.2) is 4.79 Å². The number of carbonyl (C=O) groups is 4. The molecule has 3 amide bonds. The van der Waals surface area contributed by atoms with E-state index in [0.29, 0.717) is 19.4 Å². The van der Waals surface area contributed by atoms with Crippen LogP contribution in [0.1, 0.15) is 39.2 Å². The third kappa shape index (κ3) is 6.95. The van der Waals surface area contributed by atoms with Gasteiger partial charge in [-0.05, 0) is 31.2 Å². The number of alkyl carbamates (subject to hydrolysis) is 1. The smallest absolute Gasteiger partial charge is 0.408 e. The molecule has 2 rings (SSSR count). The molecular weight excluding hydrogens is 422 g/mol. The molecular formula is C22H30ClN3O5. The van der Waals surface area contributed by atoms with Gasteiger partial charge < -0.3 is 20.3 Å². The average molecular weight is 452 g/mol. The molecule has 170 valence electrons. The Labute approximate surface area is 187 Å². The first-order chi connectivity index (χ1) is 14.7. The largest absolute Gasteiger partial charge is 0.445 e. The number of hydrogen-bond acceptors (Lipinski definition) is 5. The Morgan fingerprint density at radius 3 is 2.42 bits per heavy atom. The number of hydrogen-bond donors (Lipinski definition) is 2. The summed E-state index contributed by atoms with van der Waals surface area (Å²) in [6, 6.07) is 6.90. The van der Waals surface area contributed by atoms with Gasteiger partial charge in [0.25, 0.3) is 0 Å². The molecule has 1 aromatic rings. The predicted molar refractivity (Wildman–Crippen MR) is 116 cm³/mol. The molecule has 1 heterocycles. The number of likely N-dealkylation sites (tertiary alicyclic amines) is 1. The van der Waals surface area contributed by atoms with Crippen molar-refractivity contribution in [3.05, 3.63) is 35.9 Å². The molecule has 9 heteroatoms. The summed E-state index contributed by atoms with van der Waals surface area (Å²) in [6.45, 7) is 5.66. The maximum atomic E-state index is 13.1. The standard InChI is InChI=1S/C22H30ClN3O5/c1-14(2)19(21(29)26-11-7-10-17(26)18(27)12-23)25-20(28)15(3)24-22(30)31-13-16-8-5-4-6-9-16/h4-6,8-9,14-15,17,19H,7,10-13H2,1-3H3,(H,24,30)(H,25,28)/t15-,17-,19-/m0/s1. The first kappa shape index (κ1) is 24.7. The van der Waals surface area contributed by atoms with Gasteiger partial charge in [0, 0.05) is 6.54 Å². The lowest BCUT2D eigenvalue weighted by atomic mass is 10.0. The summed E-state index contributed by atoms with van der Waals surface area (Å²) in [5.41, 5.74) is 0.826. The summed E-state index contributed by atoms with van der Waals surface area (Å²) in [6.07, 6.45) is 0.552. The van der Waals surface area contributed by atoms with Crippen molar-refractivity contribution >= 4 is 35.3 Å². The molecule has 0 unspecified atom stereocenters. The van der Waals surface area contributed by atoms with E-state index in [9.17, 15) is 19.2 Å². The fourth-order valence-corrected chi connectivity index (χ4v) is 3.61. The SMILES string of the molecule is CC(C)[C@H](NC(=O)[C@H](C)NC(=O)OCc1ccccc1)C(=O)N1CCC[C@H]1C(=O)CCl. The van der Waals surface area contributed by atoms with Gasteiger partial charge in [0.05, 0.1) is 11.9 Å². The van der Waals surface area contributed by atoms with Gasteiger partial charge in [0.2, 0.25) is 11.8 Å². The number of ketones is 1. The molecule has 1 aromatic carbocycles. The zero-order valence-corrected chi connectivity index (χ0v) is 18.9. The number of halogens is 1. The van der Waals surface area contributed by atoms with Gasteiger partial charge >= 0.3 is 6.09 Å². The van der Waals surface area contributed by atoms with Gasteiger partial charge in [-0.1, -0.05) is 44.2 Å². The van der Waals surface area contributed by atoms with Crippen LogP contribution in [0.2, 0.25) is 0 Å². The Balaban J connectivity index is 1.92. The van der Waals surface area contributed by atoms with Crippen molar-refractivity contribution in [2.75, 3.05) is 12.4 Å². The van der Waals surface area contributed by atoms with Crippen LogP contribution in [0, 0.1) is 5.92 Å². The fourth-order valence-electron chi connectivity index (χ4n) is 3.43. The third-order valence-electron chi connectivity index (χ3n) is 5.21. The number of amides is 3. The van der Waals surface area contributed by atoms with Crippen molar-refractivity contribution < 1.29 is 23.9 Å². The van der Waals surface area contributed by atoms with Crippen molar-refractivity contribution in [3.63, 3.8) is 0 Å². The minimum Gasteiger partial charge on any atom is -0.445 e. The van der Waals surface area contributed by atoms with Crippen molar-refractivity contribution in [3.8, 4) is 0 Å². The molecule has 0 saturated carbocycles. The van der Waals surface area contributed by atoms with E-state index in [0.717, 1.165) is 5.56 Å². The molecule has 1 fully saturated rings. The van der Waals surface area contributed by atoms with Crippen molar-refractivity contribution in [2.24, 2.45) is 5.92 Å². The van der Waals surface area contributed by atoms with E-state index in [1.807, 2.05) is 44.2 Å². The van der Waals surface area contributed by atoms with E-state index >= 15 is 0 Å². The summed E-state index contributed by atoms with van der Waals surface area (Å²) >= 11 is 5.67. The molecule has 0 aliphatic carbocycles. The van der Waals surface area contributed by atoms with Crippen LogP contribution in [0.25, 0.3) is 0 Å². The van der Waals surface area contributed by atoms with Crippen LogP contribution in [0.5, 0.6) is 0 Å². The van der Waals surface area contributed by atoms with Crippen molar-refractivity contribution in [2.45, 2.75) is 58.3 Å². The number of nitrogens with zero attached hydrogens (tertiary/aromatic N) is 1. The van der Waals surface area contributed by atoms with Gasteiger partial charge in [-0.2, -0.15) is 0 Å². The van der Waals surface area contributed by atoms with E-state index < -0.39 is 30.1 Å². The molecule has 2 N–H and O–H groups in total. The normalized spacial score (nSPS) is 17.7. The highest BCUT2D eigenvalue weighted by molar-refractivity contribution is 6.28. The van der Waals surface area contributed by atoms with Crippen LogP contribution in [0.4, 0.5) is 4.79 Å². The van der Waals surface area contributed by atoms with Crippen LogP contribution in [0.15, 0.2) is 30.3 Å². The lowest BCUT2D eigenvalue weighted by Gasteiger charge is -2.31. The zero-order chi connectivity index (χ0) is 23.0. The molecule has 3 atom stereocenters. The van der Waals surface area contributed by atoms with Crippen molar-refractivity contribution in [1.29, 1.82) is 0 Å². The number of ether oxygens (including phenoxy) is 1. The van der Waals surface area contributed by atoms with Crippen LogP contribution in [-0.2, 0) is 25.7 Å². The number of rotatable bonds is 9. The Morgan fingerprint density at radius 1 is 1.13 bits per heavy atom. The van der Waals surface area contributed by atoms with E-state index in [2.05, 4.69) is 10.6 Å². The molecule has 0 bridgehead atoms. The van der Waals surface area contributed by atoms with Gasteiger partial charge in [-0.15, -0.1) is 11.6 Å². The lowest BCUT2D eigenvalue weighted by Crippen LogP contribution is -2.57. The number of nitrogens with one attached hydrogen (secondary N) is 2. The van der Waals surface area contributed by atoms with Gasteiger partial charge in [0.1, 0.15) is 18.7 Å². The second kappa shape index (κ2) is 11.7. The molecule has 0 spiro atoms. The highest BCUT2D eigenvalue weighted by atomic mass is 35.5. The van der Waals surface area contributed by atoms with Crippen LogP contribution >= 0.6 is 11.6 Å². The number of alkyl halides is 1. The summed E-state index contributed by atoms with van der Waals surface area (Å²) in [5.74, 6) is -1.39. The minimum atomic E-state index is -0.906. The Morgan fingerprint density at radius 2 is 1.81 bits per heavy atom. The Hall–Kier alpha value is -2.61. The quantitative estimate of drug-likeness (QED) is 0.560. The highest BCUT2D eigenvalue weighted by Crippen LogP contribution is 2.21. The van der Waals surface area contributed by atoms with E-state index in [-0.39, 0.29) is 30.1 Å². The zero-order valence-electron chi connectivity index (χ0n) is 18.1. The van der Waals surface area contributed by atoms with Crippen LogP contribution in [-0.4, -0.2) is 59.1 Å². The minimum absolute atomic E-state index is 0.0824. The van der Waals surface area contributed by atoms with Gasteiger partial charge in [0.15, 0.2) is 5.78 Å². The molecule has 1 saturated heterocycles. The maximum absolute atomic E-state index is 13.1. The summed E-state index contributed by atoms with van der Waals surface area (Å²) in [5, 5.41) is 5.17. The van der Waals surface area contributed by atoms with E-state index in [4.69, 9.17) is 16.3 Å². The Kier molecular flexibility index (Phi) is 9.30. The number of benzene rings is 1. The first-order valence-corrected chi connectivity index (χ1v) is 10.9. The fraction of sp³-hybridized carbons (Fsp3) is 0.545. The lowest BCUT2D eigenvalue weighted by molar-refractivity contribution is -0.141. The first-order valence-electron chi connectivity index (χ1n) is 10.4. The summed E-state index contributed by atoms with van der Waals surface area (Å²) in [7, 11) is 0. The highest BCUT2D eigenvalue weighted by Gasteiger charge is 2.38. The number of Topliss-reactive ketones (excluding diaryl/α,β-unsaturated/α-hetero) is 1. The van der Waals surface area contributed by atoms with Crippen LogP contribution in [0.3, 0.4) is 0 Å². The summed E-state index contributed by atoms with van der Waals surface area (Å²) < 4.78 is 5.13. The second-order valence-corrected chi connectivity index (χ2v) is 8.21. The van der Waals surface area contributed by atoms with Gasteiger partial charge in [-0.3, -0.25) is 14.4 Å². The molecule has 0 radical (unpaired) electrons. The molecule has 1 aliphatic rings. The monoisotopic (exact) mass is 451 g/mol. The van der Waals surface area contributed by atoms with Crippen LogP contribution < -0.4 is 10.6 Å². The molecule has 31 heavy (non-hydrogen) atoms. The summed E-state index contributed by atoms with van der Waals surface area (Å²) in [4.78, 5) is 51.3. The second-order valence-electron chi connectivity index (χ2n) is 7.95. The topological polar surface area (TPSA) is 105 Å².